The minimum Gasteiger partial charge on any atom is -0.444 e. The highest BCUT2D eigenvalue weighted by atomic mass is 16.6. The Morgan fingerprint density at radius 1 is 1.35 bits per heavy atom. The van der Waals surface area contributed by atoms with Crippen LogP contribution in [-0.2, 0) is 9.53 Å². The van der Waals surface area contributed by atoms with Gasteiger partial charge in [0.25, 0.3) is 0 Å². The molecule has 4 nitrogen and oxygen atoms in total. The first kappa shape index (κ1) is 14.0. The van der Waals surface area contributed by atoms with E-state index in [2.05, 4.69) is 6.92 Å². The quantitative estimate of drug-likeness (QED) is 0.714. The molecule has 4 heteroatoms. The number of rotatable bonds is 3. The molecule has 0 aromatic carbocycles. The summed E-state index contributed by atoms with van der Waals surface area (Å²) in [6.45, 7) is 7.63. The van der Waals surface area contributed by atoms with Crippen LogP contribution in [0.5, 0.6) is 0 Å². The normalized spacial score (nSPS) is 24.8. The molecule has 1 rings (SSSR count). The van der Waals surface area contributed by atoms with E-state index in [0.29, 0.717) is 6.42 Å². The number of hydrogen-bond acceptors (Lipinski definition) is 3. The lowest BCUT2D eigenvalue weighted by atomic mass is 10.1. The number of hydrogen-bond donors (Lipinski definition) is 0. The lowest BCUT2D eigenvalue weighted by Crippen LogP contribution is -2.44. The van der Waals surface area contributed by atoms with Crippen LogP contribution in [0.1, 0.15) is 53.4 Å². The molecule has 98 valence electrons. The fraction of sp³-hybridized carbons (Fsp3) is 0.846. The molecule has 1 heterocycles. The predicted molar refractivity (Wildman–Crippen MR) is 65.9 cm³/mol. The third kappa shape index (κ3) is 3.72. The molecule has 0 aromatic rings. The van der Waals surface area contributed by atoms with Gasteiger partial charge in [0, 0.05) is 18.5 Å². The summed E-state index contributed by atoms with van der Waals surface area (Å²) in [5, 5.41) is 0. The Bertz CT molecular complexity index is 283. The van der Waals surface area contributed by atoms with Crippen molar-refractivity contribution in [2.45, 2.75) is 71.1 Å². The number of aldehydes is 1. The minimum atomic E-state index is -0.482. The van der Waals surface area contributed by atoms with Crippen molar-refractivity contribution in [1.29, 1.82) is 0 Å². The highest BCUT2D eigenvalue weighted by Gasteiger charge is 2.37. The number of likely N-dealkylation sites (tertiary alicyclic amines) is 1. The summed E-state index contributed by atoms with van der Waals surface area (Å²) in [5.41, 5.74) is -0.482. The summed E-state index contributed by atoms with van der Waals surface area (Å²) in [6.07, 6.45) is 3.79. The van der Waals surface area contributed by atoms with E-state index < -0.39 is 5.60 Å². The molecule has 1 aliphatic rings. The Hall–Kier alpha value is -1.06. The Labute approximate surface area is 103 Å². The zero-order valence-corrected chi connectivity index (χ0v) is 11.2. The second-order valence-electron chi connectivity index (χ2n) is 5.58. The molecule has 0 radical (unpaired) electrons. The van der Waals surface area contributed by atoms with Crippen molar-refractivity contribution in [3.8, 4) is 0 Å². The Morgan fingerprint density at radius 2 is 1.94 bits per heavy atom. The van der Waals surface area contributed by atoms with Gasteiger partial charge >= 0.3 is 6.09 Å². The second-order valence-corrected chi connectivity index (χ2v) is 5.58. The van der Waals surface area contributed by atoms with Crippen molar-refractivity contribution in [2.24, 2.45) is 0 Å². The fourth-order valence-corrected chi connectivity index (χ4v) is 2.32. The van der Waals surface area contributed by atoms with Crippen molar-refractivity contribution >= 4 is 12.4 Å². The average Bonchev–Trinajstić information content (AvgIpc) is 2.58. The van der Waals surface area contributed by atoms with E-state index in [1.54, 1.807) is 4.90 Å². The van der Waals surface area contributed by atoms with Gasteiger partial charge in [0.1, 0.15) is 11.9 Å². The van der Waals surface area contributed by atoms with Crippen LogP contribution >= 0.6 is 0 Å². The van der Waals surface area contributed by atoms with Gasteiger partial charge in [-0.25, -0.2) is 4.79 Å². The van der Waals surface area contributed by atoms with Crippen LogP contribution in [0.15, 0.2) is 0 Å². The summed E-state index contributed by atoms with van der Waals surface area (Å²) in [4.78, 5) is 24.5. The van der Waals surface area contributed by atoms with Crippen LogP contribution < -0.4 is 0 Å². The van der Waals surface area contributed by atoms with Crippen LogP contribution in [0.2, 0.25) is 0 Å². The maximum absolute atomic E-state index is 12.1. The molecule has 0 aromatic heterocycles. The first-order valence-electron chi connectivity index (χ1n) is 6.34. The molecule has 1 saturated heterocycles. The molecule has 0 aliphatic carbocycles. The Morgan fingerprint density at radius 3 is 2.41 bits per heavy atom. The van der Waals surface area contributed by atoms with Gasteiger partial charge in [0.2, 0.25) is 0 Å². The third-order valence-electron chi connectivity index (χ3n) is 3.06. The van der Waals surface area contributed by atoms with E-state index in [1.165, 1.54) is 0 Å². The maximum Gasteiger partial charge on any atom is 0.410 e. The molecule has 0 saturated carbocycles. The van der Waals surface area contributed by atoms with Crippen LogP contribution in [0.25, 0.3) is 0 Å². The van der Waals surface area contributed by atoms with Gasteiger partial charge in [-0.05, 0) is 40.0 Å². The third-order valence-corrected chi connectivity index (χ3v) is 3.06. The molecule has 0 N–H and O–H groups in total. The number of carbonyl (C=O) groups excluding carboxylic acids is 2. The highest BCUT2D eigenvalue weighted by Crippen LogP contribution is 2.29. The highest BCUT2D eigenvalue weighted by molar-refractivity contribution is 5.70. The molecular weight excluding hydrogens is 218 g/mol. The van der Waals surface area contributed by atoms with E-state index in [0.717, 1.165) is 25.5 Å². The van der Waals surface area contributed by atoms with Gasteiger partial charge in [-0.15, -0.1) is 0 Å². The number of amides is 1. The van der Waals surface area contributed by atoms with Crippen molar-refractivity contribution in [2.75, 3.05) is 0 Å². The van der Waals surface area contributed by atoms with E-state index >= 15 is 0 Å². The van der Waals surface area contributed by atoms with Crippen LogP contribution in [-0.4, -0.2) is 35.0 Å². The topological polar surface area (TPSA) is 46.6 Å². The first-order valence-corrected chi connectivity index (χ1v) is 6.34. The predicted octanol–water partition coefficient (Wildman–Crippen LogP) is 2.75. The summed E-state index contributed by atoms with van der Waals surface area (Å²) < 4.78 is 5.40. The molecule has 2 atom stereocenters. The lowest BCUT2D eigenvalue weighted by Gasteiger charge is -2.31. The molecule has 1 amide bonds. The van der Waals surface area contributed by atoms with Gasteiger partial charge in [-0.2, -0.15) is 0 Å². The monoisotopic (exact) mass is 241 g/mol. The van der Waals surface area contributed by atoms with E-state index in [9.17, 15) is 9.59 Å². The fourth-order valence-electron chi connectivity index (χ4n) is 2.32. The molecule has 0 spiro atoms. The smallest absolute Gasteiger partial charge is 0.410 e. The first-order chi connectivity index (χ1) is 7.89. The zero-order valence-electron chi connectivity index (χ0n) is 11.2. The second kappa shape index (κ2) is 5.52. The van der Waals surface area contributed by atoms with E-state index in [1.807, 2.05) is 20.8 Å². The summed E-state index contributed by atoms with van der Waals surface area (Å²) in [7, 11) is 0. The van der Waals surface area contributed by atoms with Gasteiger partial charge < -0.3 is 14.4 Å². The minimum absolute atomic E-state index is 0.0206. The SMILES string of the molecule is CCC1CCC(CC=O)N1C(=O)OC(C)(C)C. The van der Waals surface area contributed by atoms with Gasteiger partial charge in [-0.3, -0.25) is 0 Å². The Kier molecular flexibility index (Phi) is 4.54. The molecule has 17 heavy (non-hydrogen) atoms. The van der Waals surface area contributed by atoms with Crippen LogP contribution in [0.4, 0.5) is 4.79 Å². The number of carbonyl (C=O) groups is 2. The standard InChI is InChI=1S/C13H23NO3/c1-5-10-6-7-11(8-9-15)14(10)12(16)17-13(2,3)4/h9-11H,5-8H2,1-4H3. The van der Waals surface area contributed by atoms with Crippen LogP contribution in [0.3, 0.4) is 0 Å². The Balaban J connectivity index is 2.74. The molecule has 1 fully saturated rings. The zero-order chi connectivity index (χ0) is 13.1. The van der Waals surface area contributed by atoms with E-state index in [-0.39, 0.29) is 18.2 Å². The number of ether oxygens (including phenoxy) is 1. The molecule has 2 unspecified atom stereocenters. The average molecular weight is 241 g/mol. The van der Waals surface area contributed by atoms with Gasteiger partial charge in [-0.1, -0.05) is 6.92 Å². The van der Waals surface area contributed by atoms with Crippen molar-refractivity contribution in [1.82, 2.24) is 4.90 Å². The van der Waals surface area contributed by atoms with E-state index in [4.69, 9.17) is 4.74 Å². The van der Waals surface area contributed by atoms with Gasteiger partial charge in [0.05, 0.1) is 0 Å². The van der Waals surface area contributed by atoms with Gasteiger partial charge in [0.15, 0.2) is 0 Å². The molecular formula is C13H23NO3. The largest absolute Gasteiger partial charge is 0.444 e. The molecule has 0 bridgehead atoms. The van der Waals surface area contributed by atoms with Crippen molar-refractivity contribution < 1.29 is 14.3 Å². The molecule has 1 aliphatic heterocycles. The lowest BCUT2D eigenvalue weighted by molar-refractivity contribution is -0.108. The summed E-state index contributed by atoms with van der Waals surface area (Å²) in [6, 6.07) is 0.238. The summed E-state index contributed by atoms with van der Waals surface area (Å²) >= 11 is 0. The number of nitrogens with zero attached hydrogens (tertiary/aromatic N) is 1. The van der Waals surface area contributed by atoms with Crippen LogP contribution in [0, 0.1) is 0 Å². The van der Waals surface area contributed by atoms with Crippen molar-refractivity contribution in [3.05, 3.63) is 0 Å². The maximum atomic E-state index is 12.1. The van der Waals surface area contributed by atoms with Crippen molar-refractivity contribution in [3.63, 3.8) is 0 Å². The summed E-state index contributed by atoms with van der Waals surface area (Å²) in [5.74, 6) is 0.